The summed E-state index contributed by atoms with van der Waals surface area (Å²) in [6, 6.07) is 4.64. The van der Waals surface area contributed by atoms with Crippen LogP contribution in [0.1, 0.15) is 44.1 Å². The molecule has 0 heterocycles. The SMILES string of the molecule is Cc1cc(NC2(C(=O)O)CCCCCC2)cc([N+](=O)[O-])c1. The van der Waals surface area contributed by atoms with Gasteiger partial charge in [-0.2, -0.15) is 0 Å². The quantitative estimate of drug-likeness (QED) is 0.503. The van der Waals surface area contributed by atoms with Crippen molar-refractivity contribution in [2.75, 3.05) is 5.32 Å². The fraction of sp³-hybridized carbons (Fsp3) is 0.533. The van der Waals surface area contributed by atoms with Gasteiger partial charge in [0.05, 0.1) is 4.92 Å². The molecule has 2 N–H and O–H groups in total. The second-order valence-corrected chi connectivity index (χ2v) is 5.74. The van der Waals surface area contributed by atoms with Crippen molar-refractivity contribution in [1.82, 2.24) is 0 Å². The van der Waals surface area contributed by atoms with Crippen molar-refractivity contribution in [2.24, 2.45) is 0 Å². The van der Waals surface area contributed by atoms with E-state index < -0.39 is 16.4 Å². The van der Waals surface area contributed by atoms with Crippen molar-refractivity contribution in [1.29, 1.82) is 0 Å². The predicted octanol–water partition coefficient (Wildman–Crippen LogP) is 3.49. The summed E-state index contributed by atoms with van der Waals surface area (Å²) in [6.45, 7) is 1.76. The molecule has 1 aliphatic carbocycles. The van der Waals surface area contributed by atoms with Crippen LogP contribution in [0.3, 0.4) is 0 Å². The zero-order valence-corrected chi connectivity index (χ0v) is 12.1. The second-order valence-electron chi connectivity index (χ2n) is 5.74. The molecule has 21 heavy (non-hydrogen) atoms. The third-order valence-corrected chi connectivity index (χ3v) is 4.02. The average molecular weight is 292 g/mol. The van der Waals surface area contributed by atoms with E-state index >= 15 is 0 Å². The smallest absolute Gasteiger partial charge is 0.329 e. The third-order valence-electron chi connectivity index (χ3n) is 4.02. The van der Waals surface area contributed by atoms with Gasteiger partial charge in [0.2, 0.25) is 0 Å². The van der Waals surface area contributed by atoms with Crippen LogP contribution in [-0.2, 0) is 4.79 Å². The summed E-state index contributed by atoms with van der Waals surface area (Å²) in [5.74, 6) is -0.881. The van der Waals surface area contributed by atoms with Gasteiger partial charge in [-0.05, 0) is 31.4 Å². The number of nitrogens with one attached hydrogen (secondary N) is 1. The van der Waals surface area contributed by atoms with Gasteiger partial charge in [-0.1, -0.05) is 25.7 Å². The van der Waals surface area contributed by atoms with Crippen molar-refractivity contribution in [3.63, 3.8) is 0 Å². The highest BCUT2D eigenvalue weighted by atomic mass is 16.6. The number of hydrogen-bond donors (Lipinski definition) is 2. The topological polar surface area (TPSA) is 92.5 Å². The van der Waals surface area contributed by atoms with E-state index in [1.54, 1.807) is 13.0 Å². The Kier molecular flexibility index (Phi) is 4.45. The maximum absolute atomic E-state index is 11.7. The molecule has 1 aromatic carbocycles. The number of nitro benzene ring substituents is 1. The Hall–Kier alpha value is -2.11. The van der Waals surface area contributed by atoms with Crippen LogP contribution in [0.15, 0.2) is 18.2 Å². The van der Waals surface area contributed by atoms with Crippen molar-refractivity contribution in [3.8, 4) is 0 Å². The summed E-state index contributed by atoms with van der Waals surface area (Å²) >= 11 is 0. The number of carboxylic acids is 1. The van der Waals surface area contributed by atoms with Gasteiger partial charge >= 0.3 is 5.97 Å². The molecule has 0 amide bonds. The lowest BCUT2D eigenvalue weighted by molar-refractivity contribution is -0.384. The number of aliphatic carboxylic acids is 1. The van der Waals surface area contributed by atoms with Crippen molar-refractivity contribution in [3.05, 3.63) is 33.9 Å². The molecular weight excluding hydrogens is 272 g/mol. The number of anilines is 1. The van der Waals surface area contributed by atoms with Crippen LogP contribution < -0.4 is 5.32 Å². The van der Waals surface area contributed by atoms with Crippen LogP contribution in [-0.4, -0.2) is 21.5 Å². The molecule has 1 aromatic rings. The average Bonchev–Trinajstić information content (AvgIpc) is 2.64. The molecule has 0 aromatic heterocycles. The number of aryl methyl sites for hydroxylation is 1. The summed E-state index contributed by atoms with van der Waals surface area (Å²) in [5.41, 5.74) is 0.205. The van der Waals surface area contributed by atoms with Gasteiger partial charge in [0.25, 0.3) is 5.69 Å². The van der Waals surface area contributed by atoms with Crippen molar-refractivity contribution < 1.29 is 14.8 Å². The normalized spacial score (nSPS) is 17.8. The number of nitro groups is 1. The van der Waals surface area contributed by atoms with E-state index in [1.807, 2.05) is 0 Å². The minimum absolute atomic E-state index is 0.0216. The third kappa shape index (κ3) is 3.51. The van der Waals surface area contributed by atoms with E-state index in [1.165, 1.54) is 12.1 Å². The molecule has 0 spiro atoms. The number of rotatable bonds is 4. The molecule has 0 bridgehead atoms. The Bertz CT molecular complexity index is 549. The van der Waals surface area contributed by atoms with E-state index in [0.29, 0.717) is 18.5 Å². The highest BCUT2D eigenvalue weighted by molar-refractivity contribution is 5.83. The fourth-order valence-electron chi connectivity index (χ4n) is 2.94. The maximum Gasteiger partial charge on any atom is 0.329 e. The van der Waals surface area contributed by atoms with Crippen LogP contribution in [0, 0.1) is 17.0 Å². The zero-order chi connectivity index (χ0) is 15.5. The number of hydrogen-bond acceptors (Lipinski definition) is 4. The van der Waals surface area contributed by atoms with E-state index in [9.17, 15) is 20.0 Å². The molecule has 0 unspecified atom stereocenters. The number of carbonyl (C=O) groups is 1. The van der Waals surface area contributed by atoms with Crippen LogP contribution in [0.5, 0.6) is 0 Å². The summed E-state index contributed by atoms with van der Waals surface area (Å²) in [7, 11) is 0. The van der Waals surface area contributed by atoms with Gasteiger partial charge in [0.1, 0.15) is 5.54 Å². The number of nitrogens with zero attached hydrogens (tertiary/aromatic N) is 1. The first-order chi connectivity index (χ1) is 9.93. The van der Waals surface area contributed by atoms with Crippen LogP contribution in [0.4, 0.5) is 11.4 Å². The minimum atomic E-state index is -1.02. The Morgan fingerprint density at radius 2 is 1.86 bits per heavy atom. The van der Waals surface area contributed by atoms with E-state index in [2.05, 4.69) is 5.32 Å². The molecular formula is C15H20N2O4. The van der Waals surface area contributed by atoms with E-state index in [0.717, 1.165) is 31.2 Å². The zero-order valence-electron chi connectivity index (χ0n) is 12.1. The molecule has 0 aliphatic heterocycles. The first kappa shape index (κ1) is 15.3. The molecule has 6 heteroatoms. The molecule has 1 saturated carbocycles. The summed E-state index contributed by atoms with van der Waals surface area (Å²) in [5, 5.41) is 23.6. The number of non-ortho nitro benzene ring substituents is 1. The lowest BCUT2D eigenvalue weighted by atomic mass is 9.89. The maximum atomic E-state index is 11.7. The summed E-state index contributed by atoms with van der Waals surface area (Å²) in [4.78, 5) is 22.2. The van der Waals surface area contributed by atoms with Gasteiger partial charge in [0.15, 0.2) is 0 Å². The van der Waals surface area contributed by atoms with Crippen molar-refractivity contribution in [2.45, 2.75) is 51.0 Å². The largest absolute Gasteiger partial charge is 0.480 e. The van der Waals surface area contributed by atoms with Crippen LogP contribution in [0.25, 0.3) is 0 Å². The molecule has 1 aliphatic rings. The molecule has 114 valence electrons. The van der Waals surface area contributed by atoms with Gasteiger partial charge < -0.3 is 10.4 Å². The van der Waals surface area contributed by atoms with Crippen molar-refractivity contribution >= 4 is 17.3 Å². The molecule has 0 saturated heterocycles. The Labute approximate surface area is 123 Å². The molecule has 0 atom stereocenters. The lowest BCUT2D eigenvalue weighted by Gasteiger charge is -2.30. The summed E-state index contributed by atoms with van der Waals surface area (Å²) < 4.78 is 0. The summed E-state index contributed by atoms with van der Waals surface area (Å²) in [6.07, 6.45) is 4.86. The molecule has 2 rings (SSSR count). The molecule has 0 radical (unpaired) electrons. The van der Waals surface area contributed by atoms with Crippen LogP contribution >= 0.6 is 0 Å². The van der Waals surface area contributed by atoms with E-state index in [4.69, 9.17) is 0 Å². The van der Waals surface area contributed by atoms with Crippen LogP contribution in [0.2, 0.25) is 0 Å². The highest BCUT2D eigenvalue weighted by Gasteiger charge is 2.38. The Morgan fingerprint density at radius 1 is 1.24 bits per heavy atom. The van der Waals surface area contributed by atoms with Gasteiger partial charge in [0, 0.05) is 17.8 Å². The monoisotopic (exact) mass is 292 g/mol. The first-order valence-corrected chi connectivity index (χ1v) is 7.21. The molecule has 1 fully saturated rings. The number of benzene rings is 1. The molecule has 6 nitrogen and oxygen atoms in total. The standard InChI is InChI=1S/C15H20N2O4/c1-11-8-12(10-13(9-11)17(20)21)16-15(14(18)19)6-4-2-3-5-7-15/h8-10,16H,2-7H2,1H3,(H,18,19). The predicted molar refractivity (Wildman–Crippen MR) is 79.5 cm³/mol. The lowest BCUT2D eigenvalue weighted by Crippen LogP contribution is -2.46. The van der Waals surface area contributed by atoms with Gasteiger partial charge in [-0.25, -0.2) is 4.79 Å². The van der Waals surface area contributed by atoms with Gasteiger partial charge in [-0.15, -0.1) is 0 Å². The Balaban J connectivity index is 2.32. The number of carboxylic acid groups (broad SMARTS) is 1. The van der Waals surface area contributed by atoms with E-state index in [-0.39, 0.29) is 5.69 Å². The van der Waals surface area contributed by atoms with Gasteiger partial charge in [-0.3, -0.25) is 10.1 Å². The minimum Gasteiger partial charge on any atom is -0.480 e. The Morgan fingerprint density at radius 3 is 2.38 bits per heavy atom. The first-order valence-electron chi connectivity index (χ1n) is 7.21. The highest BCUT2D eigenvalue weighted by Crippen LogP contribution is 2.32. The fourth-order valence-corrected chi connectivity index (χ4v) is 2.94. The second kappa shape index (κ2) is 6.11.